The van der Waals surface area contributed by atoms with Crippen LogP contribution < -0.4 is 10.5 Å². The van der Waals surface area contributed by atoms with Crippen molar-refractivity contribution < 1.29 is 13.3 Å². The Labute approximate surface area is 118 Å². The van der Waals surface area contributed by atoms with E-state index in [0.717, 1.165) is 6.07 Å². The van der Waals surface area contributed by atoms with Gasteiger partial charge in [-0.25, -0.2) is 13.1 Å². The van der Waals surface area contributed by atoms with Gasteiger partial charge in [0.2, 0.25) is 10.0 Å². The van der Waals surface area contributed by atoms with Crippen molar-refractivity contribution in [3.05, 3.63) is 33.9 Å². The summed E-state index contributed by atoms with van der Waals surface area (Å²) in [6.07, 6.45) is 0.675. The number of nitrogens with zero attached hydrogens (tertiary/aromatic N) is 1. The quantitative estimate of drug-likeness (QED) is 0.607. The molecule has 7 nitrogen and oxygen atoms in total. The number of nitrogens with two attached hydrogens (primary N) is 1. The van der Waals surface area contributed by atoms with Crippen LogP contribution in [0.25, 0.3) is 0 Å². The Bertz CT molecular complexity index is 601. The van der Waals surface area contributed by atoms with Crippen LogP contribution >= 0.6 is 0 Å². The molecule has 112 valence electrons. The zero-order chi connectivity index (χ0) is 15.5. The number of nitro groups is 1. The predicted molar refractivity (Wildman–Crippen MR) is 76.0 cm³/mol. The molecule has 1 aromatic carbocycles. The third-order valence-corrected chi connectivity index (χ3v) is 4.79. The molecule has 0 saturated carbocycles. The Morgan fingerprint density at radius 2 is 2.05 bits per heavy atom. The van der Waals surface area contributed by atoms with E-state index in [0.29, 0.717) is 12.0 Å². The van der Waals surface area contributed by atoms with Crippen LogP contribution in [-0.2, 0) is 10.0 Å². The van der Waals surface area contributed by atoms with Crippen molar-refractivity contribution in [3.63, 3.8) is 0 Å². The van der Waals surface area contributed by atoms with Crippen LogP contribution in [0.4, 0.5) is 5.69 Å². The molecule has 0 amide bonds. The second-order valence-corrected chi connectivity index (χ2v) is 6.43. The molecule has 0 aromatic heterocycles. The summed E-state index contributed by atoms with van der Waals surface area (Å²) in [5, 5.41) is 11.2. The SMILES string of the molecule is CCC(N)C(C)c1ccc(S(=O)(=O)NC)cc1[N+](=O)[O-]. The highest BCUT2D eigenvalue weighted by Gasteiger charge is 2.25. The van der Waals surface area contributed by atoms with Gasteiger partial charge in [-0.05, 0) is 19.5 Å². The highest BCUT2D eigenvalue weighted by atomic mass is 32.2. The Balaban J connectivity index is 3.39. The first-order chi connectivity index (χ1) is 9.24. The number of hydrogen-bond donors (Lipinski definition) is 2. The Morgan fingerprint density at radius 1 is 1.45 bits per heavy atom. The van der Waals surface area contributed by atoms with E-state index < -0.39 is 14.9 Å². The van der Waals surface area contributed by atoms with Gasteiger partial charge in [0, 0.05) is 23.6 Å². The van der Waals surface area contributed by atoms with Gasteiger partial charge in [-0.15, -0.1) is 0 Å². The van der Waals surface area contributed by atoms with Crippen LogP contribution in [0.5, 0.6) is 0 Å². The maximum atomic E-state index is 11.7. The summed E-state index contributed by atoms with van der Waals surface area (Å²) in [4.78, 5) is 10.4. The van der Waals surface area contributed by atoms with Gasteiger partial charge < -0.3 is 5.73 Å². The van der Waals surface area contributed by atoms with E-state index in [9.17, 15) is 18.5 Å². The minimum Gasteiger partial charge on any atom is -0.327 e. The molecule has 20 heavy (non-hydrogen) atoms. The molecule has 0 bridgehead atoms. The number of hydrogen-bond acceptors (Lipinski definition) is 5. The minimum absolute atomic E-state index is 0.132. The molecule has 0 saturated heterocycles. The smallest absolute Gasteiger partial charge is 0.274 e. The van der Waals surface area contributed by atoms with Crippen LogP contribution in [-0.4, -0.2) is 26.4 Å². The predicted octanol–water partition coefficient (Wildman–Crippen LogP) is 1.34. The van der Waals surface area contributed by atoms with Crippen molar-refractivity contribution in [2.24, 2.45) is 5.73 Å². The molecule has 2 unspecified atom stereocenters. The van der Waals surface area contributed by atoms with Crippen molar-refractivity contribution >= 4 is 15.7 Å². The standard InChI is InChI=1S/C12H19N3O4S/c1-4-11(13)8(2)10-6-5-9(20(18,19)14-3)7-12(10)15(16)17/h5-8,11,14H,4,13H2,1-3H3. The molecule has 0 aliphatic rings. The maximum absolute atomic E-state index is 11.7. The summed E-state index contributed by atoms with van der Waals surface area (Å²) in [5.41, 5.74) is 6.13. The van der Waals surface area contributed by atoms with Crippen LogP contribution in [0.15, 0.2) is 23.1 Å². The van der Waals surface area contributed by atoms with Gasteiger partial charge in [0.25, 0.3) is 5.69 Å². The van der Waals surface area contributed by atoms with Gasteiger partial charge in [-0.1, -0.05) is 19.9 Å². The van der Waals surface area contributed by atoms with Crippen LogP contribution in [0, 0.1) is 10.1 Å². The lowest BCUT2D eigenvalue weighted by Crippen LogP contribution is -2.26. The van der Waals surface area contributed by atoms with E-state index in [2.05, 4.69) is 4.72 Å². The first-order valence-corrected chi connectivity index (χ1v) is 7.70. The molecule has 0 radical (unpaired) electrons. The Kier molecular flexibility index (Phi) is 5.21. The van der Waals surface area contributed by atoms with E-state index in [4.69, 9.17) is 5.73 Å². The molecule has 0 spiro atoms. The van der Waals surface area contributed by atoms with E-state index in [1.54, 1.807) is 6.92 Å². The monoisotopic (exact) mass is 301 g/mol. The molecular formula is C12H19N3O4S. The average molecular weight is 301 g/mol. The van der Waals surface area contributed by atoms with Crippen molar-refractivity contribution in [1.82, 2.24) is 4.72 Å². The van der Waals surface area contributed by atoms with E-state index in [1.807, 2.05) is 6.92 Å². The lowest BCUT2D eigenvalue weighted by atomic mass is 9.91. The van der Waals surface area contributed by atoms with E-state index in [-0.39, 0.29) is 22.5 Å². The number of benzene rings is 1. The summed E-state index contributed by atoms with van der Waals surface area (Å²) >= 11 is 0. The van der Waals surface area contributed by atoms with Gasteiger partial charge in [-0.3, -0.25) is 10.1 Å². The van der Waals surface area contributed by atoms with Crippen LogP contribution in [0.2, 0.25) is 0 Å². The second kappa shape index (κ2) is 6.29. The lowest BCUT2D eigenvalue weighted by molar-refractivity contribution is -0.386. The van der Waals surface area contributed by atoms with E-state index in [1.165, 1.54) is 19.2 Å². The molecule has 8 heteroatoms. The van der Waals surface area contributed by atoms with Gasteiger partial charge in [-0.2, -0.15) is 0 Å². The Morgan fingerprint density at radius 3 is 2.50 bits per heavy atom. The molecule has 0 aliphatic heterocycles. The van der Waals surface area contributed by atoms with Crippen LogP contribution in [0.1, 0.15) is 31.7 Å². The zero-order valence-corrected chi connectivity index (χ0v) is 12.5. The molecule has 0 aliphatic carbocycles. The first-order valence-electron chi connectivity index (χ1n) is 6.22. The fourth-order valence-corrected chi connectivity index (χ4v) is 2.69. The molecule has 0 heterocycles. The Hall–Kier alpha value is -1.51. The molecular weight excluding hydrogens is 282 g/mol. The summed E-state index contributed by atoms with van der Waals surface area (Å²) in [7, 11) is -2.45. The normalized spacial score (nSPS) is 14.8. The minimum atomic E-state index is -3.71. The number of sulfonamides is 1. The highest BCUT2D eigenvalue weighted by Crippen LogP contribution is 2.31. The number of nitro benzene ring substituents is 1. The van der Waals surface area contributed by atoms with Crippen molar-refractivity contribution in [1.29, 1.82) is 0 Å². The van der Waals surface area contributed by atoms with Gasteiger partial charge in [0.15, 0.2) is 0 Å². The fraction of sp³-hybridized carbons (Fsp3) is 0.500. The van der Waals surface area contributed by atoms with E-state index >= 15 is 0 Å². The lowest BCUT2D eigenvalue weighted by Gasteiger charge is -2.19. The first kappa shape index (κ1) is 16.5. The van der Waals surface area contributed by atoms with Crippen molar-refractivity contribution in [2.45, 2.75) is 37.1 Å². The number of rotatable bonds is 6. The molecule has 0 fully saturated rings. The third-order valence-electron chi connectivity index (χ3n) is 3.38. The molecule has 1 rings (SSSR count). The van der Waals surface area contributed by atoms with Crippen molar-refractivity contribution in [2.75, 3.05) is 7.05 Å². The molecule has 1 aromatic rings. The van der Waals surface area contributed by atoms with Gasteiger partial charge >= 0.3 is 0 Å². The summed E-state index contributed by atoms with van der Waals surface area (Å²) < 4.78 is 25.5. The highest BCUT2D eigenvalue weighted by molar-refractivity contribution is 7.89. The second-order valence-electron chi connectivity index (χ2n) is 4.55. The largest absolute Gasteiger partial charge is 0.327 e. The van der Waals surface area contributed by atoms with Gasteiger partial charge in [0.1, 0.15) is 0 Å². The molecule has 3 N–H and O–H groups in total. The fourth-order valence-electron chi connectivity index (χ4n) is 1.94. The van der Waals surface area contributed by atoms with Gasteiger partial charge in [0.05, 0.1) is 9.82 Å². The maximum Gasteiger partial charge on any atom is 0.274 e. The zero-order valence-electron chi connectivity index (χ0n) is 11.7. The van der Waals surface area contributed by atoms with Crippen LogP contribution in [0.3, 0.4) is 0 Å². The summed E-state index contributed by atoms with van der Waals surface area (Å²) in [6, 6.07) is 3.66. The topological polar surface area (TPSA) is 115 Å². The molecule has 2 atom stereocenters. The summed E-state index contributed by atoms with van der Waals surface area (Å²) in [6.45, 7) is 3.69. The number of nitrogens with one attached hydrogen (secondary N) is 1. The third kappa shape index (κ3) is 3.33. The average Bonchev–Trinajstić information content (AvgIpc) is 2.44. The summed E-state index contributed by atoms with van der Waals surface area (Å²) in [5.74, 6) is -0.230. The van der Waals surface area contributed by atoms with Crippen molar-refractivity contribution in [3.8, 4) is 0 Å².